The number of nitrogens with zero attached hydrogens (tertiary/aromatic N) is 3. The molecule has 0 saturated carbocycles. The highest BCUT2D eigenvalue weighted by molar-refractivity contribution is 6.42. The van der Waals surface area contributed by atoms with Crippen LogP contribution in [-0.2, 0) is 9.59 Å². The largest absolute Gasteiger partial charge is 0.477 e. The summed E-state index contributed by atoms with van der Waals surface area (Å²) in [5, 5.41) is 13.5. The second-order valence-electron chi connectivity index (χ2n) is 3.81. The number of fused-ring (bicyclic) bond motifs is 1. The first kappa shape index (κ1) is 10.5. The normalized spacial score (nSPS) is 15.2. The van der Waals surface area contributed by atoms with Crippen LogP contribution in [0, 0.1) is 0 Å². The third kappa shape index (κ3) is 1.53. The maximum atomic E-state index is 11.7. The van der Waals surface area contributed by atoms with Crippen molar-refractivity contribution in [2.75, 3.05) is 5.01 Å². The number of aromatic nitrogens is 2. The molecule has 90 valence electrons. The summed E-state index contributed by atoms with van der Waals surface area (Å²) in [5.74, 6) is -1.37. The van der Waals surface area contributed by atoms with Crippen molar-refractivity contribution in [3.05, 3.63) is 24.3 Å². The molecule has 0 bridgehead atoms. The molecule has 0 aliphatic carbocycles. The van der Waals surface area contributed by atoms with Gasteiger partial charge in [0.25, 0.3) is 5.91 Å². The van der Waals surface area contributed by atoms with Gasteiger partial charge in [0.1, 0.15) is 0 Å². The molecule has 2 N–H and O–H groups in total. The van der Waals surface area contributed by atoms with Gasteiger partial charge in [-0.1, -0.05) is 12.1 Å². The van der Waals surface area contributed by atoms with Crippen molar-refractivity contribution in [1.29, 1.82) is 0 Å². The molecule has 1 aromatic heterocycles. The van der Waals surface area contributed by atoms with E-state index in [1.807, 2.05) is 18.2 Å². The zero-order chi connectivity index (χ0) is 12.7. The van der Waals surface area contributed by atoms with Gasteiger partial charge in [0.2, 0.25) is 5.95 Å². The molecule has 7 heteroatoms. The molecule has 2 heterocycles. The molecule has 0 unspecified atom stereocenters. The zero-order valence-corrected chi connectivity index (χ0v) is 9.12. The van der Waals surface area contributed by atoms with E-state index in [0.717, 1.165) is 10.5 Å². The topological polar surface area (TPSA) is 98.6 Å². The number of carboxylic acid groups (broad SMARTS) is 1. The van der Waals surface area contributed by atoms with Crippen molar-refractivity contribution in [2.24, 2.45) is 5.10 Å². The maximum absolute atomic E-state index is 11.7. The highest BCUT2D eigenvalue weighted by atomic mass is 16.4. The molecule has 0 fully saturated rings. The van der Waals surface area contributed by atoms with Gasteiger partial charge in [-0.25, -0.2) is 9.78 Å². The molecule has 1 aliphatic rings. The van der Waals surface area contributed by atoms with E-state index in [9.17, 15) is 9.59 Å². The van der Waals surface area contributed by atoms with E-state index in [2.05, 4.69) is 15.1 Å². The Morgan fingerprint density at radius 3 is 2.83 bits per heavy atom. The number of anilines is 1. The van der Waals surface area contributed by atoms with Crippen LogP contribution in [0.25, 0.3) is 11.0 Å². The minimum atomic E-state index is -1.19. The first-order valence-electron chi connectivity index (χ1n) is 5.23. The van der Waals surface area contributed by atoms with Crippen LogP contribution in [-0.4, -0.2) is 32.7 Å². The highest BCUT2D eigenvalue weighted by Crippen LogP contribution is 2.21. The highest BCUT2D eigenvalue weighted by Gasteiger charge is 2.30. The third-order valence-corrected chi connectivity index (χ3v) is 2.60. The number of carbonyl (C=O) groups excluding carboxylic acids is 1. The fraction of sp³-hybridized carbons (Fsp3) is 0.0909. The predicted octanol–water partition coefficient (Wildman–Crippen LogP) is 0.740. The first-order chi connectivity index (χ1) is 8.65. The monoisotopic (exact) mass is 244 g/mol. The van der Waals surface area contributed by atoms with Crippen LogP contribution in [0.1, 0.15) is 6.42 Å². The van der Waals surface area contributed by atoms with Crippen molar-refractivity contribution in [1.82, 2.24) is 9.97 Å². The molecular weight excluding hydrogens is 236 g/mol. The molecule has 0 atom stereocenters. The number of benzene rings is 1. The number of rotatable bonds is 2. The number of H-pyrrole nitrogens is 1. The van der Waals surface area contributed by atoms with Gasteiger partial charge >= 0.3 is 5.97 Å². The number of carboxylic acids is 1. The maximum Gasteiger partial charge on any atom is 0.352 e. The molecule has 7 nitrogen and oxygen atoms in total. The number of hydrogen-bond acceptors (Lipinski definition) is 4. The minimum Gasteiger partial charge on any atom is -0.477 e. The first-order valence-corrected chi connectivity index (χ1v) is 5.23. The zero-order valence-electron chi connectivity index (χ0n) is 9.12. The summed E-state index contributed by atoms with van der Waals surface area (Å²) in [4.78, 5) is 29.5. The van der Waals surface area contributed by atoms with Crippen molar-refractivity contribution >= 4 is 34.6 Å². The number of nitrogens with one attached hydrogen (secondary N) is 1. The van der Waals surface area contributed by atoms with Crippen LogP contribution in [0.15, 0.2) is 29.4 Å². The smallest absolute Gasteiger partial charge is 0.352 e. The third-order valence-electron chi connectivity index (χ3n) is 2.60. The van der Waals surface area contributed by atoms with E-state index in [-0.39, 0.29) is 18.1 Å². The molecular formula is C11H8N4O3. The molecule has 3 rings (SSSR count). The average molecular weight is 244 g/mol. The fourth-order valence-electron chi connectivity index (χ4n) is 1.75. The molecule has 2 aromatic rings. The number of amides is 1. The number of hydrogen-bond donors (Lipinski definition) is 2. The number of carbonyl (C=O) groups is 2. The van der Waals surface area contributed by atoms with E-state index in [1.54, 1.807) is 6.07 Å². The van der Waals surface area contributed by atoms with Gasteiger partial charge in [-0.3, -0.25) is 4.79 Å². The standard InChI is InChI=1S/C11H8N4O3/c16-9-5-8(10(17)18)14-15(9)11-12-6-3-1-2-4-7(6)13-11/h1-4H,5H2,(H,12,13)(H,17,18). The molecule has 1 amide bonds. The molecule has 1 aromatic carbocycles. The van der Waals surface area contributed by atoms with E-state index in [0.29, 0.717) is 5.52 Å². The van der Waals surface area contributed by atoms with Gasteiger partial charge < -0.3 is 10.1 Å². The Bertz CT molecular complexity index is 655. The summed E-state index contributed by atoms with van der Waals surface area (Å²) in [7, 11) is 0. The van der Waals surface area contributed by atoms with Crippen LogP contribution in [0.2, 0.25) is 0 Å². The summed E-state index contributed by atoms with van der Waals surface area (Å²) in [6, 6.07) is 7.26. The SMILES string of the molecule is O=C(O)C1=NN(c2nc3ccccc3[nH]2)C(=O)C1. The Morgan fingerprint density at radius 2 is 2.17 bits per heavy atom. The summed E-state index contributed by atoms with van der Waals surface area (Å²) < 4.78 is 0. The number of hydrazone groups is 1. The molecule has 18 heavy (non-hydrogen) atoms. The Labute approximate surface area is 101 Å². The number of aliphatic carboxylic acids is 1. The van der Waals surface area contributed by atoms with Gasteiger partial charge in [-0.05, 0) is 12.1 Å². The molecule has 0 radical (unpaired) electrons. The average Bonchev–Trinajstić information content (AvgIpc) is 2.91. The summed E-state index contributed by atoms with van der Waals surface area (Å²) in [6.45, 7) is 0. The van der Waals surface area contributed by atoms with Crippen LogP contribution >= 0.6 is 0 Å². The second kappa shape index (κ2) is 3.66. The Morgan fingerprint density at radius 1 is 1.39 bits per heavy atom. The summed E-state index contributed by atoms with van der Waals surface area (Å²) >= 11 is 0. The Balaban J connectivity index is 2.04. The summed E-state index contributed by atoms with van der Waals surface area (Å²) in [5.41, 5.74) is 1.28. The number of imidazole rings is 1. The van der Waals surface area contributed by atoms with Crippen molar-refractivity contribution in [3.8, 4) is 0 Å². The number of aromatic amines is 1. The molecule has 1 aliphatic heterocycles. The Hall–Kier alpha value is -2.70. The van der Waals surface area contributed by atoms with Crippen LogP contribution in [0.3, 0.4) is 0 Å². The quantitative estimate of drug-likeness (QED) is 0.813. The van der Waals surface area contributed by atoms with E-state index >= 15 is 0 Å². The van der Waals surface area contributed by atoms with Gasteiger partial charge in [-0.2, -0.15) is 10.1 Å². The minimum absolute atomic E-state index is 0.180. The van der Waals surface area contributed by atoms with Crippen LogP contribution < -0.4 is 5.01 Å². The fourth-order valence-corrected chi connectivity index (χ4v) is 1.75. The molecule has 0 saturated heterocycles. The lowest BCUT2D eigenvalue weighted by atomic mass is 10.3. The summed E-state index contributed by atoms with van der Waals surface area (Å²) in [6.07, 6.45) is -0.216. The lowest BCUT2D eigenvalue weighted by Crippen LogP contribution is -2.20. The van der Waals surface area contributed by atoms with Crippen LogP contribution in [0.5, 0.6) is 0 Å². The second-order valence-corrected chi connectivity index (χ2v) is 3.81. The lowest BCUT2D eigenvalue weighted by Gasteiger charge is -2.05. The Kier molecular flexibility index (Phi) is 2.12. The van der Waals surface area contributed by atoms with Gasteiger partial charge in [0, 0.05) is 0 Å². The van der Waals surface area contributed by atoms with Crippen molar-refractivity contribution in [3.63, 3.8) is 0 Å². The van der Waals surface area contributed by atoms with E-state index in [1.165, 1.54) is 0 Å². The van der Waals surface area contributed by atoms with E-state index < -0.39 is 11.9 Å². The van der Waals surface area contributed by atoms with E-state index in [4.69, 9.17) is 5.11 Å². The molecule has 0 spiro atoms. The lowest BCUT2D eigenvalue weighted by molar-refractivity contribution is -0.129. The van der Waals surface area contributed by atoms with Gasteiger partial charge in [-0.15, -0.1) is 0 Å². The van der Waals surface area contributed by atoms with Crippen LogP contribution in [0.4, 0.5) is 5.95 Å². The van der Waals surface area contributed by atoms with Crippen molar-refractivity contribution < 1.29 is 14.7 Å². The van der Waals surface area contributed by atoms with Gasteiger partial charge in [0.05, 0.1) is 17.5 Å². The van der Waals surface area contributed by atoms with Crippen molar-refractivity contribution in [2.45, 2.75) is 6.42 Å². The predicted molar refractivity (Wildman–Crippen MR) is 63.3 cm³/mol. The number of para-hydroxylation sites is 2. The van der Waals surface area contributed by atoms with Gasteiger partial charge in [0.15, 0.2) is 5.71 Å².